The number of hydrogen-bond donors (Lipinski definition) is 0. The summed E-state index contributed by atoms with van der Waals surface area (Å²) < 4.78 is 47.4. The number of benzene rings is 2. The average molecular weight is 430 g/mol. The molecule has 0 aliphatic heterocycles. The highest BCUT2D eigenvalue weighted by molar-refractivity contribution is 7.90. The van der Waals surface area contributed by atoms with Gasteiger partial charge in [-0.25, -0.2) is 13.2 Å². The lowest BCUT2D eigenvalue weighted by atomic mass is 9.98. The number of carbonyl (C=O) groups excluding carboxylic acids is 1. The van der Waals surface area contributed by atoms with Crippen LogP contribution >= 0.6 is 0 Å². The fourth-order valence-electron chi connectivity index (χ4n) is 3.19. The molecule has 0 fully saturated rings. The van der Waals surface area contributed by atoms with Crippen molar-refractivity contribution in [3.05, 3.63) is 66.1 Å². The molecule has 1 aromatic heterocycles. The Morgan fingerprint density at radius 1 is 1.07 bits per heavy atom. The summed E-state index contributed by atoms with van der Waals surface area (Å²) >= 11 is 0. The van der Waals surface area contributed by atoms with Crippen molar-refractivity contribution in [2.75, 3.05) is 20.8 Å². The first-order valence-electron chi connectivity index (χ1n) is 9.18. The molecule has 0 amide bonds. The number of rotatable bonds is 8. The molecule has 158 valence electrons. The Bertz CT molecular complexity index is 1120. The molecule has 30 heavy (non-hydrogen) atoms. The standard InChI is InChI=1S/C22H22O7S/c1-4-29-22(23)20-16(14-30(24,25)17-8-6-5-7-9-17)12-18(26-2)19(21(20)27-3)15-10-11-28-13-15/h5-13H,4,14H2,1-3H3. The highest BCUT2D eigenvalue weighted by Crippen LogP contribution is 2.44. The maximum atomic E-state index is 13.0. The van der Waals surface area contributed by atoms with Crippen molar-refractivity contribution in [3.8, 4) is 22.6 Å². The van der Waals surface area contributed by atoms with Crippen molar-refractivity contribution in [2.24, 2.45) is 0 Å². The van der Waals surface area contributed by atoms with Gasteiger partial charge in [0, 0.05) is 5.56 Å². The van der Waals surface area contributed by atoms with Crippen LogP contribution in [0, 0.1) is 0 Å². The van der Waals surface area contributed by atoms with E-state index < -0.39 is 21.6 Å². The molecule has 0 unspecified atom stereocenters. The molecule has 0 N–H and O–H groups in total. The summed E-state index contributed by atoms with van der Waals surface area (Å²) in [5.74, 6) is -0.601. The Morgan fingerprint density at radius 2 is 1.80 bits per heavy atom. The van der Waals surface area contributed by atoms with Gasteiger partial charge >= 0.3 is 5.97 Å². The van der Waals surface area contributed by atoms with Gasteiger partial charge in [0.1, 0.15) is 17.1 Å². The van der Waals surface area contributed by atoms with Gasteiger partial charge in [0.25, 0.3) is 0 Å². The van der Waals surface area contributed by atoms with Gasteiger partial charge in [-0.15, -0.1) is 0 Å². The predicted molar refractivity (Wildman–Crippen MR) is 111 cm³/mol. The molecule has 0 saturated carbocycles. The van der Waals surface area contributed by atoms with Gasteiger partial charge < -0.3 is 18.6 Å². The van der Waals surface area contributed by atoms with Crippen LogP contribution in [0.15, 0.2) is 64.3 Å². The van der Waals surface area contributed by atoms with Crippen molar-refractivity contribution < 1.29 is 31.8 Å². The summed E-state index contributed by atoms with van der Waals surface area (Å²) in [4.78, 5) is 13.0. The molecule has 0 aliphatic carbocycles. The summed E-state index contributed by atoms with van der Waals surface area (Å²) in [7, 11) is -0.883. The van der Waals surface area contributed by atoms with Crippen molar-refractivity contribution in [3.63, 3.8) is 0 Å². The van der Waals surface area contributed by atoms with E-state index in [4.69, 9.17) is 18.6 Å². The van der Waals surface area contributed by atoms with Crippen molar-refractivity contribution in [1.82, 2.24) is 0 Å². The van der Waals surface area contributed by atoms with Crippen LogP contribution in [0.2, 0.25) is 0 Å². The van der Waals surface area contributed by atoms with Crippen LogP contribution in [0.25, 0.3) is 11.1 Å². The highest BCUT2D eigenvalue weighted by atomic mass is 32.2. The van der Waals surface area contributed by atoms with E-state index in [1.165, 1.54) is 44.9 Å². The van der Waals surface area contributed by atoms with Gasteiger partial charge in [-0.1, -0.05) is 18.2 Å². The Kier molecular flexibility index (Phi) is 6.47. The average Bonchev–Trinajstić information content (AvgIpc) is 3.27. The van der Waals surface area contributed by atoms with Crippen molar-refractivity contribution >= 4 is 15.8 Å². The van der Waals surface area contributed by atoms with Gasteiger partial charge in [0.15, 0.2) is 9.84 Å². The molecule has 0 saturated heterocycles. The molecule has 0 bridgehead atoms. The molecule has 1 heterocycles. The predicted octanol–water partition coefficient (Wildman–Crippen LogP) is 4.11. The zero-order valence-electron chi connectivity index (χ0n) is 16.9. The minimum Gasteiger partial charge on any atom is -0.496 e. The van der Waals surface area contributed by atoms with Crippen LogP contribution in [0.4, 0.5) is 0 Å². The molecule has 0 spiro atoms. The largest absolute Gasteiger partial charge is 0.496 e. The third kappa shape index (κ3) is 4.18. The van der Waals surface area contributed by atoms with Crippen LogP contribution in [0.5, 0.6) is 11.5 Å². The molecular weight excluding hydrogens is 408 g/mol. The van der Waals surface area contributed by atoms with E-state index in [0.717, 1.165) is 0 Å². The minimum absolute atomic E-state index is 0.0378. The van der Waals surface area contributed by atoms with Gasteiger partial charge in [-0.3, -0.25) is 0 Å². The summed E-state index contributed by atoms with van der Waals surface area (Å²) in [6.07, 6.45) is 2.96. The lowest BCUT2D eigenvalue weighted by Gasteiger charge is -2.19. The number of methoxy groups -OCH3 is 2. The quantitative estimate of drug-likeness (QED) is 0.497. The molecule has 3 aromatic rings. The number of esters is 1. The Balaban J connectivity index is 2.25. The number of hydrogen-bond acceptors (Lipinski definition) is 7. The Labute approximate surface area is 175 Å². The summed E-state index contributed by atoms with van der Waals surface area (Å²) in [6, 6.07) is 11.2. The second kappa shape index (κ2) is 9.04. The smallest absolute Gasteiger partial charge is 0.342 e. The molecular formula is C22H22O7S. The van der Waals surface area contributed by atoms with Gasteiger partial charge in [-0.05, 0) is 36.8 Å². The van der Waals surface area contributed by atoms with Crippen LogP contribution in [-0.4, -0.2) is 35.2 Å². The van der Waals surface area contributed by atoms with Crippen molar-refractivity contribution in [2.45, 2.75) is 17.6 Å². The van der Waals surface area contributed by atoms with E-state index in [1.807, 2.05) is 0 Å². The summed E-state index contributed by atoms with van der Waals surface area (Å²) in [5.41, 5.74) is 1.35. The molecule has 0 aliphatic rings. The van der Waals surface area contributed by atoms with E-state index in [9.17, 15) is 13.2 Å². The maximum Gasteiger partial charge on any atom is 0.342 e. The number of sulfone groups is 1. The van der Waals surface area contributed by atoms with E-state index >= 15 is 0 Å². The molecule has 0 atom stereocenters. The van der Waals surface area contributed by atoms with Crippen molar-refractivity contribution in [1.29, 1.82) is 0 Å². The lowest BCUT2D eigenvalue weighted by Crippen LogP contribution is -2.15. The zero-order valence-corrected chi connectivity index (χ0v) is 17.7. The molecule has 3 rings (SSSR count). The molecule has 7 nitrogen and oxygen atoms in total. The second-order valence-corrected chi connectivity index (χ2v) is 8.32. The molecule has 8 heteroatoms. The summed E-state index contributed by atoms with van der Waals surface area (Å²) in [5, 5.41) is 0. The normalized spacial score (nSPS) is 11.2. The fourth-order valence-corrected chi connectivity index (χ4v) is 4.56. The lowest BCUT2D eigenvalue weighted by molar-refractivity contribution is 0.0522. The highest BCUT2D eigenvalue weighted by Gasteiger charge is 2.29. The van der Waals surface area contributed by atoms with E-state index in [0.29, 0.717) is 16.9 Å². The van der Waals surface area contributed by atoms with Crippen LogP contribution in [0.1, 0.15) is 22.8 Å². The van der Waals surface area contributed by atoms with Crippen LogP contribution in [-0.2, 0) is 20.3 Å². The van der Waals surface area contributed by atoms with Gasteiger partial charge in [0.2, 0.25) is 0 Å². The van der Waals surface area contributed by atoms with E-state index in [-0.39, 0.29) is 28.4 Å². The Hall–Kier alpha value is -3.26. The van der Waals surface area contributed by atoms with E-state index in [2.05, 4.69) is 0 Å². The van der Waals surface area contributed by atoms with Crippen LogP contribution in [0.3, 0.4) is 0 Å². The number of ether oxygens (including phenoxy) is 3. The number of carbonyl (C=O) groups is 1. The molecule has 2 aromatic carbocycles. The second-order valence-electron chi connectivity index (χ2n) is 6.33. The SMILES string of the molecule is CCOC(=O)c1c(CS(=O)(=O)c2ccccc2)cc(OC)c(-c2ccoc2)c1OC. The summed E-state index contributed by atoms with van der Waals surface area (Å²) in [6.45, 7) is 1.80. The third-order valence-corrected chi connectivity index (χ3v) is 6.17. The molecule has 0 radical (unpaired) electrons. The monoisotopic (exact) mass is 430 g/mol. The first-order valence-corrected chi connectivity index (χ1v) is 10.8. The fraction of sp³-hybridized carbons (Fsp3) is 0.227. The van der Waals surface area contributed by atoms with Gasteiger partial charge in [-0.2, -0.15) is 0 Å². The third-order valence-electron chi connectivity index (χ3n) is 4.49. The van der Waals surface area contributed by atoms with Crippen LogP contribution < -0.4 is 9.47 Å². The van der Waals surface area contributed by atoms with E-state index in [1.54, 1.807) is 31.2 Å². The minimum atomic E-state index is -3.74. The first-order chi connectivity index (χ1) is 14.4. The topological polar surface area (TPSA) is 92.0 Å². The maximum absolute atomic E-state index is 13.0. The zero-order chi connectivity index (χ0) is 21.7. The first kappa shape index (κ1) is 21.4. The Morgan fingerprint density at radius 3 is 2.37 bits per heavy atom. The number of furan rings is 1. The van der Waals surface area contributed by atoms with Gasteiger partial charge in [0.05, 0.1) is 49.6 Å².